The minimum Gasteiger partial charge on any atom is -0.817 e. The van der Waals surface area contributed by atoms with Gasteiger partial charge in [0.1, 0.15) is 0 Å². The van der Waals surface area contributed by atoms with E-state index in [1.807, 2.05) is 60.7 Å². The quantitative estimate of drug-likeness (QED) is 0.142. The second-order valence-corrected chi connectivity index (χ2v) is 10.3. The smallest absolute Gasteiger partial charge is 0.817 e. The van der Waals surface area contributed by atoms with Crippen molar-refractivity contribution in [2.24, 2.45) is 4.99 Å². The molecule has 0 bridgehead atoms. The third kappa shape index (κ3) is 15.1. The Hall–Kier alpha value is -2.84. The van der Waals surface area contributed by atoms with Crippen LogP contribution in [0.2, 0.25) is 0 Å². The van der Waals surface area contributed by atoms with Gasteiger partial charge in [0, 0.05) is 12.3 Å². The van der Waals surface area contributed by atoms with Crippen LogP contribution in [0.25, 0.3) is 10.7 Å². The molecule has 0 saturated carbocycles. The first-order valence-corrected chi connectivity index (χ1v) is 14.5. The molecular formula is C37H49N3Zr. The van der Waals surface area contributed by atoms with E-state index in [1.54, 1.807) is 0 Å². The zero-order valence-corrected chi connectivity index (χ0v) is 28.4. The molecule has 0 unspecified atom stereocenters. The van der Waals surface area contributed by atoms with Crippen molar-refractivity contribution in [2.75, 3.05) is 6.54 Å². The van der Waals surface area contributed by atoms with Crippen molar-refractivity contribution < 1.29 is 26.2 Å². The molecule has 4 heteroatoms. The van der Waals surface area contributed by atoms with E-state index in [0.29, 0.717) is 11.8 Å². The number of aliphatic imine (C=N–C) groups is 1. The molecule has 1 aliphatic rings. The molecule has 0 N–H and O–H groups in total. The summed E-state index contributed by atoms with van der Waals surface area (Å²) in [6.07, 6.45) is 8.03. The number of allylic oxidation sites excluding steroid dienone is 2. The largest absolute Gasteiger partial charge is 4.00 e. The van der Waals surface area contributed by atoms with Crippen molar-refractivity contribution in [3.8, 4) is 0 Å². The molecule has 0 aromatic heterocycles. The average Bonchev–Trinajstić information content (AvgIpc) is 2.96. The molecule has 0 spiro atoms. The minimum absolute atomic E-state index is 0. The fourth-order valence-electron chi connectivity index (χ4n) is 4.11. The van der Waals surface area contributed by atoms with Crippen molar-refractivity contribution in [1.82, 2.24) is 0 Å². The van der Waals surface area contributed by atoms with Crippen LogP contribution in [-0.2, 0) is 26.2 Å². The van der Waals surface area contributed by atoms with E-state index in [0.717, 1.165) is 42.6 Å². The van der Waals surface area contributed by atoms with Crippen LogP contribution in [0.1, 0.15) is 101 Å². The van der Waals surface area contributed by atoms with Crippen LogP contribution in [0, 0.1) is 13.8 Å². The molecule has 3 nitrogen and oxygen atoms in total. The van der Waals surface area contributed by atoms with Gasteiger partial charge in [-0.05, 0) is 37.5 Å². The zero-order valence-electron chi connectivity index (χ0n) is 25.9. The predicted octanol–water partition coefficient (Wildman–Crippen LogP) is 11.2. The fraction of sp³-hybridized carbons (Fsp3) is 0.351. The molecule has 0 atom stereocenters. The van der Waals surface area contributed by atoms with Crippen molar-refractivity contribution in [2.45, 2.75) is 78.6 Å². The second-order valence-electron chi connectivity index (χ2n) is 10.3. The molecule has 0 heterocycles. The Morgan fingerprint density at radius 1 is 0.805 bits per heavy atom. The standard InChI is InChI=1S/C22H33N2.2C7H7.CH2N.Zr/c1-6-7-15-23-20-13-8-9-14-21(20)24-22-18(16(2)3)11-10-12-19(22)17(4)5;2*1-7-5-3-2-4-6-7;1-2;/h10-12,14,16-17H,6-9,13,15H2,1-5H3;2*2-6H,1H2;1H2;/q4*-1;+4. The second kappa shape index (κ2) is 22.8. The fourth-order valence-corrected chi connectivity index (χ4v) is 4.11. The summed E-state index contributed by atoms with van der Waals surface area (Å²) in [6, 6.07) is 26.4. The summed E-state index contributed by atoms with van der Waals surface area (Å²) in [7, 11) is 0. The van der Waals surface area contributed by atoms with Crippen molar-refractivity contribution >= 4 is 18.1 Å². The predicted molar refractivity (Wildman–Crippen MR) is 179 cm³/mol. The summed E-state index contributed by atoms with van der Waals surface area (Å²) in [6.45, 7) is 21.9. The Bertz CT molecular complexity index is 1070. The van der Waals surface area contributed by atoms with Gasteiger partial charge in [-0.2, -0.15) is 49.2 Å². The van der Waals surface area contributed by atoms with Gasteiger partial charge in [0.05, 0.1) is 0 Å². The van der Waals surface area contributed by atoms with E-state index < -0.39 is 0 Å². The van der Waals surface area contributed by atoms with Gasteiger partial charge < -0.3 is 10.7 Å². The van der Waals surface area contributed by atoms with Crippen LogP contribution in [0.4, 0.5) is 5.69 Å². The maximum atomic E-state index is 6.75. The van der Waals surface area contributed by atoms with Gasteiger partial charge in [-0.25, -0.2) is 6.72 Å². The minimum atomic E-state index is 0. The van der Waals surface area contributed by atoms with Crippen LogP contribution in [0.5, 0.6) is 0 Å². The van der Waals surface area contributed by atoms with E-state index in [9.17, 15) is 0 Å². The number of nitrogens with zero attached hydrogens (tertiary/aromatic N) is 3. The van der Waals surface area contributed by atoms with Gasteiger partial charge >= 0.3 is 26.2 Å². The number of hydrogen-bond donors (Lipinski definition) is 0. The number of para-hydroxylation sites is 1. The first kappa shape index (κ1) is 38.2. The van der Waals surface area contributed by atoms with Crippen LogP contribution in [0.3, 0.4) is 0 Å². The molecule has 0 radical (unpaired) electrons. The van der Waals surface area contributed by atoms with Gasteiger partial charge in [0.15, 0.2) is 0 Å². The van der Waals surface area contributed by atoms with Gasteiger partial charge in [-0.3, -0.25) is 4.99 Å². The summed E-state index contributed by atoms with van der Waals surface area (Å²) in [5.74, 6) is 0.958. The van der Waals surface area contributed by atoms with Gasteiger partial charge in [0.25, 0.3) is 0 Å². The van der Waals surface area contributed by atoms with Crippen LogP contribution >= 0.6 is 0 Å². The first-order valence-electron chi connectivity index (χ1n) is 14.5. The maximum Gasteiger partial charge on any atom is 4.00 e. The molecule has 3 aromatic rings. The zero-order chi connectivity index (χ0) is 29.8. The molecular weight excluding hydrogens is 578 g/mol. The Labute approximate surface area is 270 Å². The van der Waals surface area contributed by atoms with Gasteiger partial charge in [-0.15, -0.1) is 35.6 Å². The van der Waals surface area contributed by atoms with E-state index in [4.69, 9.17) is 15.7 Å². The van der Waals surface area contributed by atoms with E-state index >= 15 is 0 Å². The molecule has 4 rings (SSSR count). The van der Waals surface area contributed by atoms with Crippen LogP contribution < -0.4 is 0 Å². The molecule has 216 valence electrons. The number of benzene rings is 3. The molecule has 41 heavy (non-hydrogen) atoms. The SMILES string of the molecule is C=[N-].CCCCN=C1CCCC=C1[N-]c1c(C(C)C)cccc1C(C)C.[CH2-]c1ccccc1.[CH2-]c1ccccc1.[Zr+4]. The summed E-state index contributed by atoms with van der Waals surface area (Å²) in [4.78, 5) is 4.85. The monoisotopic (exact) mass is 625 g/mol. The summed E-state index contributed by atoms with van der Waals surface area (Å²) in [5.41, 5.74) is 8.35. The number of hydrogen-bond acceptors (Lipinski definition) is 1. The van der Waals surface area contributed by atoms with Gasteiger partial charge in [0.2, 0.25) is 0 Å². The van der Waals surface area contributed by atoms with E-state index in [1.165, 1.54) is 35.4 Å². The van der Waals surface area contributed by atoms with E-state index in [-0.39, 0.29) is 26.2 Å². The number of rotatable bonds is 7. The maximum absolute atomic E-state index is 6.75. The number of unbranched alkanes of at least 4 members (excludes halogenated alkanes) is 1. The molecule has 3 aromatic carbocycles. The van der Waals surface area contributed by atoms with Crippen molar-refractivity contribution in [1.29, 1.82) is 0 Å². The molecule has 1 aliphatic carbocycles. The third-order valence-corrected chi connectivity index (χ3v) is 6.33. The Kier molecular flexibility index (Phi) is 21.2. The van der Waals surface area contributed by atoms with Crippen molar-refractivity contribution in [3.63, 3.8) is 0 Å². The van der Waals surface area contributed by atoms with E-state index in [2.05, 4.69) is 79.5 Å². The summed E-state index contributed by atoms with van der Waals surface area (Å²) in [5, 5.41) is 11.9. The average molecular weight is 627 g/mol. The van der Waals surface area contributed by atoms with Crippen LogP contribution in [-0.4, -0.2) is 19.0 Å². The summed E-state index contributed by atoms with van der Waals surface area (Å²) >= 11 is 0. The van der Waals surface area contributed by atoms with Crippen LogP contribution in [0.15, 0.2) is 95.6 Å². The molecule has 0 amide bonds. The van der Waals surface area contributed by atoms with Crippen molar-refractivity contribution in [3.05, 3.63) is 137 Å². The Balaban J connectivity index is 0.000000763. The Morgan fingerprint density at radius 2 is 1.29 bits per heavy atom. The summed E-state index contributed by atoms with van der Waals surface area (Å²) < 4.78 is 0. The Morgan fingerprint density at radius 3 is 1.68 bits per heavy atom. The first-order chi connectivity index (χ1) is 19.3. The third-order valence-electron chi connectivity index (χ3n) is 6.33. The molecule has 0 fully saturated rings. The topological polar surface area (TPSA) is 48.8 Å². The molecule has 0 saturated heterocycles. The normalized spacial score (nSPS) is 12.9. The van der Waals surface area contributed by atoms with Gasteiger partial charge in [-0.1, -0.05) is 88.6 Å². The molecule has 0 aliphatic heterocycles.